The van der Waals surface area contributed by atoms with E-state index in [2.05, 4.69) is 67.7 Å². The predicted molar refractivity (Wildman–Crippen MR) is 102 cm³/mol. The summed E-state index contributed by atoms with van der Waals surface area (Å²) in [5.74, 6) is -0.243. The molecule has 0 amide bonds. The minimum absolute atomic E-state index is 0.0956. The van der Waals surface area contributed by atoms with E-state index in [-0.39, 0.29) is 28.6 Å². The first kappa shape index (κ1) is 22.8. The SMILES string of the molecule is COC(=O)C[C@@H](CO[Si](C)(C)C(C)(C)C)O[Si](C)(C)C(C)(C)C. The maximum atomic E-state index is 11.7. The third kappa shape index (κ3) is 7.07. The van der Waals surface area contributed by atoms with Crippen LogP contribution in [0.4, 0.5) is 0 Å². The Bertz CT molecular complexity index is 392. The fourth-order valence-corrected chi connectivity index (χ4v) is 3.89. The normalized spacial score (nSPS) is 15.4. The monoisotopic (exact) mass is 362 g/mol. The zero-order valence-electron chi connectivity index (χ0n) is 17.1. The number of hydrogen-bond acceptors (Lipinski definition) is 4. The predicted octanol–water partition coefficient (Wildman–Crippen LogP) is 4.96. The average Bonchev–Trinajstić information content (AvgIpc) is 2.32. The molecule has 0 fully saturated rings. The highest BCUT2D eigenvalue weighted by atomic mass is 28.4. The Balaban J connectivity index is 5.08. The van der Waals surface area contributed by atoms with Crippen LogP contribution < -0.4 is 0 Å². The van der Waals surface area contributed by atoms with Crippen LogP contribution in [-0.4, -0.2) is 42.4 Å². The van der Waals surface area contributed by atoms with Gasteiger partial charge in [-0.1, -0.05) is 41.5 Å². The number of ether oxygens (including phenoxy) is 1. The highest BCUT2D eigenvalue weighted by Gasteiger charge is 2.41. The molecule has 0 unspecified atom stereocenters. The lowest BCUT2D eigenvalue weighted by Crippen LogP contribution is -2.48. The number of carbonyl (C=O) groups excluding carboxylic acids is 1. The molecule has 0 radical (unpaired) electrons. The molecule has 0 rings (SSSR count). The van der Waals surface area contributed by atoms with Gasteiger partial charge >= 0.3 is 5.97 Å². The van der Waals surface area contributed by atoms with Crippen molar-refractivity contribution in [1.29, 1.82) is 0 Å². The van der Waals surface area contributed by atoms with Crippen LogP contribution >= 0.6 is 0 Å². The van der Waals surface area contributed by atoms with Crippen molar-refractivity contribution in [2.24, 2.45) is 0 Å². The second kappa shape index (κ2) is 7.80. The van der Waals surface area contributed by atoms with Gasteiger partial charge < -0.3 is 13.6 Å². The molecule has 4 nitrogen and oxygen atoms in total. The van der Waals surface area contributed by atoms with Crippen molar-refractivity contribution in [3.05, 3.63) is 0 Å². The largest absolute Gasteiger partial charge is 0.469 e. The Kier molecular flexibility index (Phi) is 7.74. The van der Waals surface area contributed by atoms with Crippen LogP contribution in [0.5, 0.6) is 0 Å². The summed E-state index contributed by atoms with van der Waals surface area (Å²) in [6, 6.07) is 0. The summed E-state index contributed by atoms with van der Waals surface area (Å²) in [5, 5.41) is 0.234. The molecule has 0 spiro atoms. The molecular weight excluding hydrogens is 324 g/mol. The average molecular weight is 363 g/mol. The molecule has 0 aliphatic carbocycles. The molecule has 0 aliphatic heterocycles. The van der Waals surface area contributed by atoms with Crippen LogP contribution in [0.25, 0.3) is 0 Å². The van der Waals surface area contributed by atoms with E-state index >= 15 is 0 Å². The smallest absolute Gasteiger partial charge is 0.308 e. The van der Waals surface area contributed by atoms with Gasteiger partial charge in [-0.2, -0.15) is 0 Å². The van der Waals surface area contributed by atoms with Crippen LogP contribution in [0.3, 0.4) is 0 Å². The Hall–Kier alpha value is -0.176. The van der Waals surface area contributed by atoms with E-state index in [9.17, 15) is 4.79 Å². The molecule has 0 aromatic heterocycles. The zero-order valence-corrected chi connectivity index (χ0v) is 19.1. The number of hydrogen-bond donors (Lipinski definition) is 0. The Labute approximate surface area is 145 Å². The number of carbonyl (C=O) groups is 1. The molecule has 0 aromatic rings. The van der Waals surface area contributed by atoms with E-state index in [0.29, 0.717) is 6.61 Å². The van der Waals surface area contributed by atoms with Gasteiger partial charge in [0.15, 0.2) is 16.6 Å². The van der Waals surface area contributed by atoms with E-state index in [0.717, 1.165) is 0 Å². The van der Waals surface area contributed by atoms with Crippen LogP contribution in [-0.2, 0) is 18.4 Å². The fourth-order valence-electron chi connectivity index (χ4n) is 1.52. The number of esters is 1. The molecule has 0 aliphatic rings. The maximum Gasteiger partial charge on any atom is 0.308 e. The van der Waals surface area contributed by atoms with Crippen LogP contribution in [0, 0.1) is 0 Å². The summed E-state index contributed by atoms with van der Waals surface area (Å²) in [7, 11) is -2.41. The highest BCUT2D eigenvalue weighted by Crippen LogP contribution is 2.39. The van der Waals surface area contributed by atoms with Crippen molar-refractivity contribution < 1.29 is 18.4 Å². The van der Waals surface area contributed by atoms with Crippen molar-refractivity contribution in [2.75, 3.05) is 13.7 Å². The zero-order chi connectivity index (χ0) is 18.7. The van der Waals surface area contributed by atoms with E-state index in [4.69, 9.17) is 13.6 Å². The molecular formula is C17H38O4Si2. The summed E-state index contributed by atoms with van der Waals surface area (Å²) in [4.78, 5) is 11.7. The molecule has 6 heteroatoms. The summed E-state index contributed by atoms with van der Waals surface area (Å²) < 4.78 is 17.5. The van der Waals surface area contributed by atoms with Gasteiger partial charge in [0.05, 0.1) is 26.2 Å². The van der Waals surface area contributed by atoms with Crippen molar-refractivity contribution >= 4 is 22.6 Å². The molecule has 0 bridgehead atoms. The van der Waals surface area contributed by atoms with E-state index in [1.165, 1.54) is 7.11 Å². The standard InChI is InChI=1S/C17H38O4Si2/c1-16(2,3)22(8,9)20-13-14(12-15(18)19-7)21-23(10,11)17(4,5)6/h14H,12-13H2,1-11H3/t14-/m0/s1. The maximum absolute atomic E-state index is 11.7. The molecule has 1 atom stereocenters. The van der Waals surface area contributed by atoms with Gasteiger partial charge in [0.2, 0.25) is 0 Å². The van der Waals surface area contributed by atoms with Gasteiger partial charge in [-0.05, 0) is 36.3 Å². The molecule has 0 saturated carbocycles. The third-order valence-corrected chi connectivity index (χ3v) is 14.4. The van der Waals surface area contributed by atoms with Crippen molar-refractivity contribution in [3.8, 4) is 0 Å². The summed E-state index contributed by atoms with van der Waals surface area (Å²) in [5.41, 5.74) is 0. The summed E-state index contributed by atoms with van der Waals surface area (Å²) in [6.07, 6.45) is 0.00919. The fraction of sp³-hybridized carbons (Fsp3) is 0.941. The van der Waals surface area contributed by atoms with E-state index in [1.807, 2.05) is 0 Å². The molecule has 0 saturated heterocycles. The van der Waals surface area contributed by atoms with E-state index < -0.39 is 16.6 Å². The van der Waals surface area contributed by atoms with Gasteiger partial charge in [-0.15, -0.1) is 0 Å². The Morgan fingerprint density at radius 1 is 0.913 bits per heavy atom. The van der Waals surface area contributed by atoms with Crippen molar-refractivity contribution in [1.82, 2.24) is 0 Å². The van der Waals surface area contributed by atoms with Crippen molar-refractivity contribution in [2.45, 2.75) is 90.3 Å². The molecule has 23 heavy (non-hydrogen) atoms. The first-order valence-electron chi connectivity index (χ1n) is 8.42. The second-order valence-corrected chi connectivity index (χ2v) is 18.9. The first-order chi connectivity index (χ1) is 10.0. The minimum atomic E-state index is -1.96. The quantitative estimate of drug-likeness (QED) is 0.474. The lowest BCUT2D eigenvalue weighted by atomic mass is 10.2. The molecule has 0 N–H and O–H groups in total. The highest BCUT2D eigenvalue weighted by molar-refractivity contribution is 6.74. The van der Waals surface area contributed by atoms with Crippen LogP contribution in [0.15, 0.2) is 0 Å². The van der Waals surface area contributed by atoms with Crippen molar-refractivity contribution in [3.63, 3.8) is 0 Å². The Morgan fingerprint density at radius 3 is 1.70 bits per heavy atom. The first-order valence-corrected chi connectivity index (χ1v) is 14.2. The lowest BCUT2D eigenvalue weighted by molar-refractivity contribution is -0.143. The Morgan fingerprint density at radius 2 is 1.35 bits per heavy atom. The second-order valence-electron chi connectivity index (χ2n) is 9.35. The van der Waals surface area contributed by atoms with Crippen LogP contribution in [0.2, 0.25) is 36.3 Å². The van der Waals surface area contributed by atoms with Gasteiger partial charge in [0.25, 0.3) is 0 Å². The molecule has 0 heterocycles. The topological polar surface area (TPSA) is 44.8 Å². The minimum Gasteiger partial charge on any atom is -0.469 e. The number of methoxy groups -OCH3 is 1. The van der Waals surface area contributed by atoms with Gasteiger partial charge in [0.1, 0.15) is 0 Å². The van der Waals surface area contributed by atoms with E-state index in [1.54, 1.807) is 0 Å². The lowest BCUT2D eigenvalue weighted by Gasteiger charge is -2.41. The molecule has 0 aromatic carbocycles. The van der Waals surface area contributed by atoms with Gasteiger partial charge in [-0.25, -0.2) is 0 Å². The van der Waals surface area contributed by atoms with Crippen LogP contribution in [0.1, 0.15) is 48.0 Å². The molecule has 138 valence electrons. The number of rotatable bonds is 7. The van der Waals surface area contributed by atoms with Gasteiger partial charge in [-0.3, -0.25) is 4.79 Å². The third-order valence-electron chi connectivity index (χ3n) is 5.33. The summed E-state index contributed by atoms with van der Waals surface area (Å²) >= 11 is 0. The van der Waals surface area contributed by atoms with Gasteiger partial charge in [0, 0.05) is 0 Å². The summed E-state index contributed by atoms with van der Waals surface area (Å²) in [6.45, 7) is 22.5.